The molecule has 0 aromatic heterocycles. The Bertz CT molecular complexity index is 1120. The highest BCUT2D eigenvalue weighted by atomic mass is 19.2. The fourth-order valence-electron chi connectivity index (χ4n) is 6.08. The van der Waals surface area contributed by atoms with Crippen LogP contribution in [0.5, 0.6) is 17.2 Å². The van der Waals surface area contributed by atoms with Gasteiger partial charge in [0.1, 0.15) is 18.1 Å². The Morgan fingerprint density at radius 1 is 0.711 bits per heavy atom. The van der Waals surface area contributed by atoms with Crippen LogP contribution in [0.4, 0.5) is 8.78 Å². The molecule has 0 atom stereocenters. The van der Waals surface area contributed by atoms with Crippen LogP contribution in [0.1, 0.15) is 140 Å². The predicted octanol–water partition coefficient (Wildman–Crippen LogP) is 11.8. The van der Waals surface area contributed by atoms with E-state index in [1.54, 1.807) is 24.3 Å². The first-order valence-corrected chi connectivity index (χ1v) is 17.7. The molecule has 0 heterocycles. The van der Waals surface area contributed by atoms with Crippen LogP contribution in [-0.4, -0.2) is 19.2 Å². The van der Waals surface area contributed by atoms with Gasteiger partial charge in [0.15, 0.2) is 11.6 Å². The number of benzene rings is 2. The zero-order valence-electron chi connectivity index (χ0n) is 27.8. The summed E-state index contributed by atoms with van der Waals surface area (Å²) in [6.45, 7) is 5.25. The van der Waals surface area contributed by atoms with Crippen molar-refractivity contribution in [2.45, 2.75) is 129 Å². The number of esters is 1. The van der Waals surface area contributed by atoms with Gasteiger partial charge in [-0.15, -0.1) is 0 Å². The molecule has 1 saturated carbocycles. The second-order valence-electron chi connectivity index (χ2n) is 12.6. The normalized spacial score (nSPS) is 16.6. The predicted molar refractivity (Wildman–Crippen MR) is 179 cm³/mol. The van der Waals surface area contributed by atoms with Crippen molar-refractivity contribution >= 4 is 5.97 Å². The molecule has 0 saturated heterocycles. The van der Waals surface area contributed by atoms with Gasteiger partial charge >= 0.3 is 5.97 Å². The number of hydrogen-bond acceptors (Lipinski definition) is 4. The number of ether oxygens (including phenoxy) is 3. The minimum atomic E-state index is -1.27. The molecule has 3 rings (SSSR count). The highest BCUT2D eigenvalue weighted by molar-refractivity contribution is 5.91. The number of carbonyl (C=O) groups is 1. The van der Waals surface area contributed by atoms with E-state index < -0.39 is 23.2 Å². The Kier molecular flexibility index (Phi) is 17.7. The van der Waals surface area contributed by atoms with Crippen LogP contribution in [-0.2, 0) is 0 Å². The third kappa shape index (κ3) is 14.0. The quantitative estimate of drug-likeness (QED) is 0.0564. The van der Waals surface area contributed by atoms with Crippen molar-refractivity contribution < 1.29 is 27.8 Å². The van der Waals surface area contributed by atoms with Gasteiger partial charge < -0.3 is 14.2 Å². The number of hydrogen-bond donors (Lipinski definition) is 0. The third-order valence-corrected chi connectivity index (χ3v) is 8.92. The SMILES string of the molecule is CCCCCCCCCCCCOc1ccc(C(=O)Oc2ccc(OCC=CC3CCC(CCCCC)CC3)cc2)c(F)c1F. The van der Waals surface area contributed by atoms with E-state index >= 15 is 0 Å². The topological polar surface area (TPSA) is 44.8 Å². The van der Waals surface area contributed by atoms with E-state index in [0.29, 0.717) is 24.9 Å². The molecular weight excluding hydrogens is 570 g/mol. The number of unbranched alkanes of at least 4 members (excludes halogenated alkanes) is 11. The zero-order chi connectivity index (χ0) is 32.1. The maximum atomic E-state index is 14.7. The van der Waals surface area contributed by atoms with Gasteiger partial charge in [-0.2, -0.15) is 4.39 Å². The smallest absolute Gasteiger partial charge is 0.346 e. The van der Waals surface area contributed by atoms with Gasteiger partial charge in [0, 0.05) is 0 Å². The van der Waals surface area contributed by atoms with Crippen molar-refractivity contribution in [1.82, 2.24) is 0 Å². The molecule has 1 aliphatic carbocycles. The highest BCUT2D eigenvalue weighted by Gasteiger charge is 2.21. The Labute approximate surface area is 270 Å². The summed E-state index contributed by atoms with van der Waals surface area (Å²) in [6.07, 6.45) is 26.7. The van der Waals surface area contributed by atoms with Gasteiger partial charge in [0.25, 0.3) is 0 Å². The molecule has 0 aliphatic heterocycles. The zero-order valence-corrected chi connectivity index (χ0v) is 27.8. The van der Waals surface area contributed by atoms with Crippen molar-refractivity contribution in [3.05, 3.63) is 65.7 Å². The second kappa shape index (κ2) is 21.8. The summed E-state index contributed by atoms with van der Waals surface area (Å²) in [4.78, 5) is 12.6. The summed E-state index contributed by atoms with van der Waals surface area (Å²) >= 11 is 0. The average molecular weight is 627 g/mol. The largest absolute Gasteiger partial charge is 0.490 e. The summed E-state index contributed by atoms with van der Waals surface area (Å²) in [5, 5.41) is 0. The first-order valence-electron chi connectivity index (χ1n) is 17.7. The van der Waals surface area contributed by atoms with E-state index in [4.69, 9.17) is 14.2 Å². The Morgan fingerprint density at radius 2 is 1.31 bits per heavy atom. The third-order valence-electron chi connectivity index (χ3n) is 8.92. The lowest BCUT2D eigenvalue weighted by molar-refractivity contribution is 0.0728. The van der Waals surface area contributed by atoms with E-state index in [-0.39, 0.29) is 11.5 Å². The molecule has 2 aromatic carbocycles. The van der Waals surface area contributed by atoms with E-state index in [0.717, 1.165) is 25.2 Å². The molecule has 250 valence electrons. The summed E-state index contributed by atoms with van der Waals surface area (Å²) in [5.74, 6) is -1.20. The van der Waals surface area contributed by atoms with E-state index in [2.05, 4.69) is 26.0 Å². The van der Waals surface area contributed by atoms with Gasteiger partial charge in [0.05, 0.1) is 12.2 Å². The van der Waals surface area contributed by atoms with Crippen molar-refractivity contribution in [2.24, 2.45) is 11.8 Å². The Hall–Kier alpha value is -2.89. The van der Waals surface area contributed by atoms with Crippen molar-refractivity contribution in [3.8, 4) is 17.2 Å². The van der Waals surface area contributed by atoms with Crippen molar-refractivity contribution in [3.63, 3.8) is 0 Å². The molecule has 2 aromatic rings. The molecule has 6 heteroatoms. The summed E-state index contributed by atoms with van der Waals surface area (Å²) in [5.41, 5.74) is -0.473. The minimum absolute atomic E-state index is 0.189. The van der Waals surface area contributed by atoms with Gasteiger partial charge in [-0.3, -0.25) is 0 Å². The fourth-order valence-corrected chi connectivity index (χ4v) is 6.08. The molecule has 0 radical (unpaired) electrons. The first-order chi connectivity index (χ1) is 22.0. The van der Waals surface area contributed by atoms with Gasteiger partial charge in [-0.05, 0) is 80.3 Å². The van der Waals surface area contributed by atoms with Crippen LogP contribution >= 0.6 is 0 Å². The van der Waals surface area contributed by atoms with Gasteiger partial charge in [0.2, 0.25) is 5.82 Å². The number of rotatable bonds is 22. The van der Waals surface area contributed by atoms with Crippen molar-refractivity contribution in [1.29, 1.82) is 0 Å². The Morgan fingerprint density at radius 3 is 1.98 bits per heavy atom. The standard InChI is InChI=1S/C39H56F2O4/c1-3-5-7-8-9-10-11-12-13-15-29-44-36-28-27-35(37(40)38(36)41)39(42)45-34-25-23-33(24-26-34)43-30-16-18-32-21-19-31(20-22-32)17-14-6-4-2/h16,18,23-28,31-32H,3-15,17,19-22,29-30H2,1-2H3. The lowest BCUT2D eigenvalue weighted by Gasteiger charge is -2.26. The van der Waals surface area contributed by atoms with Gasteiger partial charge in [-0.25, -0.2) is 9.18 Å². The molecule has 0 N–H and O–H groups in total. The molecule has 1 fully saturated rings. The molecule has 4 nitrogen and oxygen atoms in total. The molecule has 1 aliphatic rings. The fraction of sp³-hybridized carbons (Fsp3) is 0.615. The number of allylic oxidation sites excluding steroid dienone is 1. The van der Waals surface area contributed by atoms with Crippen molar-refractivity contribution in [2.75, 3.05) is 13.2 Å². The number of carbonyl (C=O) groups excluding carboxylic acids is 1. The van der Waals surface area contributed by atoms with Crippen LogP contribution in [0, 0.1) is 23.5 Å². The number of halogens is 2. The summed E-state index contributed by atoms with van der Waals surface area (Å²) in [7, 11) is 0. The highest BCUT2D eigenvalue weighted by Crippen LogP contribution is 2.33. The van der Waals surface area contributed by atoms with Gasteiger partial charge in [-0.1, -0.05) is 109 Å². The van der Waals surface area contributed by atoms with E-state index in [1.807, 2.05) is 0 Å². The summed E-state index contributed by atoms with van der Waals surface area (Å²) < 4.78 is 45.9. The maximum Gasteiger partial charge on any atom is 0.346 e. The lowest BCUT2D eigenvalue weighted by atomic mass is 9.79. The molecule has 0 unspecified atom stereocenters. The average Bonchev–Trinajstić information content (AvgIpc) is 3.05. The monoisotopic (exact) mass is 626 g/mol. The Balaban J connectivity index is 1.33. The van der Waals surface area contributed by atoms with E-state index in [1.165, 1.54) is 108 Å². The van der Waals surface area contributed by atoms with E-state index in [9.17, 15) is 13.6 Å². The molecule has 0 bridgehead atoms. The molecule has 45 heavy (non-hydrogen) atoms. The summed E-state index contributed by atoms with van der Waals surface area (Å²) in [6, 6.07) is 9.04. The van der Waals surface area contributed by atoms with Crippen LogP contribution in [0.3, 0.4) is 0 Å². The van der Waals surface area contributed by atoms with Crippen LogP contribution < -0.4 is 14.2 Å². The lowest BCUT2D eigenvalue weighted by Crippen LogP contribution is -2.13. The van der Waals surface area contributed by atoms with Crippen LogP contribution in [0.25, 0.3) is 0 Å². The maximum absolute atomic E-state index is 14.7. The van der Waals surface area contributed by atoms with Crippen LogP contribution in [0.2, 0.25) is 0 Å². The van der Waals surface area contributed by atoms with Crippen LogP contribution in [0.15, 0.2) is 48.6 Å². The second-order valence-corrected chi connectivity index (χ2v) is 12.6. The minimum Gasteiger partial charge on any atom is -0.490 e. The molecule has 0 spiro atoms. The molecule has 0 amide bonds. The molecular formula is C39H56F2O4. The first kappa shape index (κ1) is 36.6.